The second-order valence-electron chi connectivity index (χ2n) is 8.04. The van der Waals surface area contributed by atoms with Gasteiger partial charge >= 0.3 is 0 Å². The van der Waals surface area contributed by atoms with Crippen molar-refractivity contribution in [1.82, 2.24) is 4.98 Å². The average Bonchev–Trinajstić information content (AvgIpc) is 2.54. The third-order valence-corrected chi connectivity index (χ3v) is 7.26. The van der Waals surface area contributed by atoms with Gasteiger partial charge in [-0.3, -0.25) is 4.98 Å². The summed E-state index contributed by atoms with van der Waals surface area (Å²) in [7, 11) is -1.39. The van der Waals surface area contributed by atoms with Crippen molar-refractivity contribution < 1.29 is 0 Å². The van der Waals surface area contributed by atoms with Crippen molar-refractivity contribution in [2.24, 2.45) is 5.41 Å². The lowest BCUT2D eigenvalue weighted by atomic mass is 9.79. The summed E-state index contributed by atoms with van der Waals surface area (Å²) in [5.74, 6) is 0. The second-order valence-corrected chi connectivity index (χ2v) is 13.1. The lowest BCUT2D eigenvalue weighted by Gasteiger charge is -2.30. The molecule has 124 valence electrons. The highest BCUT2D eigenvalue weighted by atomic mass is 28.3. The first-order valence-corrected chi connectivity index (χ1v) is 12.3. The van der Waals surface area contributed by atoms with Crippen LogP contribution >= 0.6 is 0 Å². The fourth-order valence-corrected chi connectivity index (χ4v) is 4.62. The van der Waals surface area contributed by atoms with E-state index in [1.54, 1.807) is 0 Å². The molecule has 0 atom stereocenters. The standard InChI is InChI=1S/C21H31NSi/c1-7-21(3,8-2)15-18-14-19(17-12-10-9-11-13-17)22-16-20(18)23(4,5)6/h9-14,16H,7-8,15H2,1-6H3. The van der Waals surface area contributed by atoms with Gasteiger partial charge in [0, 0.05) is 11.8 Å². The number of rotatable bonds is 6. The SMILES string of the molecule is CCC(C)(CC)Cc1cc(-c2ccccc2)ncc1[Si](C)(C)C. The molecule has 2 heteroatoms. The van der Waals surface area contributed by atoms with Crippen molar-refractivity contribution >= 4 is 13.3 Å². The van der Waals surface area contributed by atoms with E-state index < -0.39 is 8.07 Å². The van der Waals surface area contributed by atoms with Crippen molar-refractivity contribution in [2.75, 3.05) is 0 Å². The van der Waals surface area contributed by atoms with Crippen LogP contribution in [0.4, 0.5) is 0 Å². The van der Waals surface area contributed by atoms with Crippen LogP contribution in [0.2, 0.25) is 19.6 Å². The molecule has 0 spiro atoms. The molecule has 0 aliphatic carbocycles. The molecule has 2 rings (SSSR count). The van der Waals surface area contributed by atoms with Gasteiger partial charge in [-0.25, -0.2) is 0 Å². The number of pyridine rings is 1. The Morgan fingerprint density at radius 1 is 1.00 bits per heavy atom. The Kier molecular flexibility index (Phi) is 5.46. The third kappa shape index (κ3) is 4.32. The topological polar surface area (TPSA) is 12.9 Å². The summed E-state index contributed by atoms with van der Waals surface area (Å²) < 4.78 is 0. The molecule has 0 radical (unpaired) electrons. The van der Waals surface area contributed by atoms with E-state index in [4.69, 9.17) is 4.98 Å². The monoisotopic (exact) mass is 325 g/mol. The Balaban J connectivity index is 2.51. The fourth-order valence-electron chi connectivity index (χ4n) is 3.05. The van der Waals surface area contributed by atoms with E-state index in [1.165, 1.54) is 29.2 Å². The summed E-state index contributed by atoms with van der Waals surface area (Å²) in [5, 5.41) is 1.52. The molecule has 0 unspecified atom stereocenters. The minimum atomic E-state index is -1.39. The quantitative estimate of drug-likeness (QED) is 0.624. The van der Waals surface area contributed by atoms with E-state index in [-0.39, 0.29) is 0 Å². The average molecular weight is 326 g/mol. The van der Waals surface area contributed by atoms with Gasteiger partial charge in [0.1, 0.15) is 0 Å². The summed E-state index contributed by atoms with van der Waals surface area (Å²) in [5.41, 5.74) is 4.22. The zero-order valence-corrected chi connectivity index (χ0v) is 16.6. The summed E-state index contributed by atoms with van der Waals surface area (Å²) in [6, 6.07) is 12.9. The van der Waals surface area contributed by atoms with Crippen LogP contribution in [0, 0.1) is 5.41 Å². The first kappa shape index (κ1) is 17.9. The molecule has 0 bridgehead atoms. The molecule has 1 heterocycles. The van der Waals surface area contributed by atoms with Crippen LogP contribution < -0.4 is 5.19 Å². The van der Waals surface area contributed by atoms with Crippen LogP contribution in [0.5, 0.6) is 0 Å². The molecule has 0 amide bonds. The van der Waals surface area contributed by atoms with Crippen LogP contribution in [-0.4, -0.2) is 13.1 Å². The number of aromatic nitrogens is 1. The summed E-state index contributed by atoms with van der Waals surface area (Å²) in [4.78, 5) is 4.79. The number of hydrogen-bond acceptors (Lipinski definition) is 1. The highest BCUT2D eigenvalue weighted by Gasteiger charge is 2.26. The van der Waals surface area contributed by atoms with Crippen molar-refractivity contribution in [1.29, 1.82) is 0 Å². The molecule has 23 heavy (non-hydrogen) atoms. The lowest BCUT2D eigenvalue weighted by molar-refractivity contribution is 0.296. The summed E-state index contributed by atoms with van der Waals surface area (Å²) >= 11 is 0. The summed E-state index contributed by atoms with van der Waals surface area (Å²) in [6.07, 6.45) is 5.76. The smallest absolute Gasteiger partial charge is 0.0799 e. The van der Waals surface area contributed by atoms with Crippen molar-refractivity contribution in [2.45, 2.75) is 59.7 Å². The minimum Gasteiger partial charge on any atom is -0.256 e. The molecule has 0 aliphatic heterocycles. The Morgan fingerprint density at radius 3 is 2.13 bits per heavy atom. The first-order valence-electron chi connectivity index (χ1n) is 8.84. The van der Waals surface area contributed by atoms with Crippen LogP contribution in [-0.2, 0) is 6.42 Å². The molecule has 1 nitrogen and oxygen atoms in total. The zero-order chi connectivity index (χ0) is 17.1. The molecule has 2 aromatic rings. The molecule has 0 aliphatic rings. The Labute approximate surface area is 143 Å². The zero-order valence-electron chi connectivity index (χ0n) is 15.6. The Hall–Kier alpha value is -1.41. The van der Waals surface area contributed by atoms with Gasteiger partial charge in [-0.1, -0.05) is 83.6 Å². The van der Waals surface area contributed by atoms with Crippen molar-refractivity contribution in [3.05, 3.63) is 48.2 Å². The van der Waals surface area contributed by atoms with Crippen LogP contribution in [0.15, 0.2) is 42.6 Å². The summed E-state index contributed by atoms with van der Waals surface area (Å²) in [6.45, 7) is 14.3. The fraction of sp³-hybridized carbons (Fsp3) is 0.476. The van der Waals surface area contributed by atoms with E-state index in [9.17, 15) is 0 Å². The lowest BCUT2D eigenvalue weighted by Crippen LogP contribution is -2.41. The van der Waals surface area contributed by atoms with Crippen molar-refractivity contribution in [3.8, 4) is 11.3 Å². The molecule has 0 N–H and O–H groups in total. The molecule has 0 fully saturated rings. The number of benzene rings is 1. The van der Waals surface area contributed by atoms with E-state index in [0.29, 0.717) is 5.41 Å². The molecular formula is C21H31NSi. The van der Waals surface area contributed by atoms with E-state index in [0.717, 1.165) is 12.1 Å². The number of hydrogen-bond donors (Lipinski definition) is 0. The first-order chi connectivity index (χ1) is 10.8. The maximum atomic E-state index is 4.79. The second kappa shape index (κ2) is 7.00. The maximum absolute atomic E-state index is 4.79. The molecular weight excluding hydrogens is 294 g/mol. The Bertz CT molecular complexity index is 637. The normalized spacial score (nSPS) is 12.4. The van der Waals surface area contributed by atoms with Crippen LogP contribution in [0.3, 0.4) is 0 Å². The van der Waals surface area contributed by atoms with E-state index in [1.807, 2.05) is 0 Å². The predicted octanol–water partition coefficient (Wildman–Crippen LogP) is 5.66. The van der Waals surface area contributed by atoms with E-state index in [2.05, 4.69) is 83.0 Å². The maximum Gasteiger partial charge on any atom is 0.0799 e. The molecule has 0 saturated carbocycles. The van der Waals surface area contributed by atoms with Gasteiger partial charge in [-0.2, -0.15) is 0 Å². The van der Waals surface area contributed by atoms with Crippen LogP contribution in [0.25, 0.3) is 11.3 Å². The predicted molar refractivity (Wildman–Crippen MR) is 105 cm³/mol. The van der Waals surface area contributed by atoms with Gasteiger partial charge in [0.25, 0.3) is 0 Å². The minimum absolute atomic E-state index is 0.379. The highest BCUT2D eigenvalue weighted by molar-refractivity contribution is 6.89. The molecule has 1 aromatic heterocycles. The third-order valence-electron chi connectivity index (χ3n) is 5.19. The van der Waals surface area contributed by atoms with Gasteiger partial charge in [0.15, 0.2) is 0 Å². The van der Waals surface area contributed by atoms with E-state index >= 15 is 0 Å². The van der Waals surface area contributed by atoms with Gasteiger partial charge in [0.2, 0.25) is 0 Å². The van der Waals surface area contributed by atoms with Crippen molar-refractivity contribution in [3.63, 3.8) is 0 Å². The van der Waals surface area contributed by atoms with Gasteiger partial charge in [0.05, 0.1) is 13.8 Å². The van der Waals surface area contributed by atoms with Gasteiger partial charge in [-0.15, -0.1) is 0 Å². The van der Waals surface area contributed by atoms with Gasteiger partial charge < -0.3 is 0 Å². The van der Waals surface area contributed by atoms with Gasteiger partial charge in [-0.05, 0) is 28.7 Å². The molecule has 1 aromatic carbocycles. The van der Waals surface area contributed by atoms with Crippen LogP contribution in [0.1, 0.15) is 39.2 Å². The molecule has 0 saturated heterocycles. The highest BCUT2D eigenvalue weighted by Crippen LogP contribution is 2.31. The largest absolute Gasteiger partial charge is 0.256 e. The number of nitrogens with zero attached hydrogens (tertiary/aromatic N) is 1. The Morgan fingerprint density at radius 2 is 1.61 bits per heavy atom.